The maximum absolute atomic E-state index is 12.3. The highest BCUT2D eigenvalue weighted by molar-refractivity contribution is 5.76. The van der Waals surface area contributed by atoms with E-state index in [0.29, 0.717) is 25.0 Å². The fourth-order valence-electron chi connectivity index (χ4n) is 4.07. The van der Waals surface area contributed by atoms with Gasteiger partial charge in [-0.3, -0.25) is 9.78 Å². The standard InChI is InChI=1S/C20H28N2O3/c23-19(10-16-3-4-16)22-8-5-20(6-9-22)11-18(25-15-20)14-24-13-17-2-1-7-21-12-17/h1-2,7,12,16,18H,3-6,8-11,13-15H2/t18-/m1/s1. The molecule has 0 N–H and O–H groups in total. The Hall–Kier alpha value is -1.46. The number of ether oxygens (including phenoxy) is 2. The van der Waals surface area contributed by atoms with Gasteiger partial charge in [-0.2, -0.15) is 0 Å². The minimum absolute atomic E-state index is 0.186. The topological polar surface area (TPSA) is 51.7 Å². The molecule has 1 amide bonds. The summed E-state index contributed by atoms with van der Waals surface area (Å²) in [5.41, 5.74) is 1.36. The molecule has 0 aromatic carbocycles. The van der Waals surface area contributed by atoms with Gasteiger partial charge in [0, 0.05) is 31.9 Å². The molecule has 0 radical (unpaired) electrons. The summed E-state index contributed by atoms with van der Waals surface area (Å²) in [7, 11) is 0. The van der Waals surface area contributed by atoms with Crippen molar-refractivity contribution < 1.29 is 14.3 Å². The van der Waals surface area contributed by atoms with Gasteiger partial charge in [-0.15, -0.1) is 0 Å². The average molecular weight is 344 g/mol. The van der Waals surface area contributed by atoms with Crippen molar-refractivity contribution in [3.05, 3.63) is 30.1 Å². The van der Waals surface area contributed by atoms with Gasteiger partial charge in [0.1, 0.15) is 0 Å². The van der Waals surface area contributed by atoms with Gasteiger partial charge in [0.15, 0.2) is 0 Å². The summed E-state index contributed by atoms with van der Waals surface area (Å²) in [5.74, 6) is 1.05. The molecule has 1 spiro atoms. The van der Waals surface area contributed by atoms with Crippen molar-refractivity contribution in [3.63, 3.8) is 0 Å². The van der Waals surface area contributed by atoms with E-state index in [9.17, 15) is 4.79 Å². The van der Waals surface area contributed by atoms with Crippen LogP contribution in [0, 0.1) is 11.3 Å². The minimum atomic E-state index is 0.186. The van der Waals surface area contributed by atoms with E-state index in [1.807, 2.05) is 18.3 Å². The zero-order valence-corrected chi connectivity index (χ0v) is 14.9. The molecule has 1 atom stereocenters. The molecule has 5 heteroatoms. The van der Waals surface area contributed by atoms with Crippen molar-refractivity contribution in [2.24, 2.45) is 11.3 Å². The number of carbonyl (C=O) groups excluding carboxylic acids is 1. The number of likely N-dealkylation sites (tertiary alicyclic amines) is 1. The van der Waals surface area contributed by atoms with Gasteiger partial charge >= 0.3 is 0 Å². The Morgan fingerprint density at radius 2 is 2.20 bits per heavy atom. The number of carbonyl (C=O) groups is 1. The second-order valence-electron chi connectivity index (χ2n) is 8.04. The van der Waals surface area contributed by atoms with Crippen molar-refractivity contribution >= 4 is 5.91 Å². The summed E-state index contributed by atoms with van der Waals surface area (Å²) in [4.78, 5) is 18.4. The Morgan fingerprint density at radius 3 is 2.92 bits per heavy atom. The summed E-state index contributed by atoms with van der Waals surface area (Å²) in [5, 5.41) is 0. The number of aromatic nitrogens is 1. The molecule has 25 heavy (non-hydrogen) atoms. The molecule has 0 unspecified atom stereocenters. The predicted octanol–water partition coefficient (Wildman–Crippen LogP) is 2.80. The Morgan fingerprint density at radius 1 is 1.36 bits per heavy atom. The van der Waals surface area contributed by atoms with Crippen molar-refractivity contribution in [1.29, 1.82) is 0 Å². The zero-order valence-electron chi connectivity index (χ0n) is 14.9. The number of hydrogen-bond acceptors (Lipinski definition) is 4. The first-order valence-electron chi connectivity index (χ1n) is 9.58. The van der Waals surface area contributed by atoms with Gasteiger partial charge in [0.25, 0.3) is 0 Å². The van der Waals surface area contributed by atoms with E-state index in [0.717, 1.165) is 50.9 Å². The Kier molecular flexibility index (Phi) is 5.04. The molecule has 136 valence electrons. The van der Waals surface area contributed by atoms with Crippen molar-refractivity contribution in [2.45, 2.75) is 51.2 Å². The normalized spacial score (nSPS) is 25.4. The highest BCUT2D eigenvalue weighted by atomic mass is 16.5. The third kappa shape index (κ3) is 4.39. The van der Waals surface area contributed by atoms with E-state index in [1.54, 1.807) is 6.20 Å². The summed E-state index contributed by atoms with van der Waals surface area (Å²) >= 11 is 0. The molecular formula is C20H28N2O3. The monoisotopic (exact) mass is 344 g/mol. The highest BCUT2D eigenvalue weighted by Gasteiger charge is 2.43. The Labute approximate surface area is 149 Å². The van der Waals surface area contributed by atoms with Crippen molar-refractivity contribution in [1.82, 2.24) is 9.88 Å². The van der Waals surface area contributed by atoms with Crippen LogP contribution < -0.4 is 0 Å². The van der Waals surface area contributed by atoms with Crippen LogP contribution in [-0.2, 0) is 20.9 Å². The summed E-state index contributed by atoms with van der Waals surface area (Å²) in [6, 6.07) is 3.95. The second kappa shape index (κ2) is 7.42. The Balaban J connectivity index is 1.19. The SMILES string of the molecule is O=C(CC1CC1)N1CCC2(CC1)CO[C@@H](COCc1cccnc1)C2. The van der Waals surface area contributed by atoms with Crippen molar-refractivity contribution in [2.75, 3.05) is 26.3 Å². The van der Waals surface area contributed by atoms with Crippen LogP contribution in [-0.4, -0.2) is 48.2 Å². The molecule has 3 heterocycles. The summed E-state index contributed by atoms with van der Waals surface area (Å²) in [6.07, 6.45) is 10.3. The van der Waals surface area contributed by atoms with Crippen molar-refractivity contribution in [3.8, 4) is 0 Å². The van der Waals surface area contributed by atoms with Crippen LogP contribution in [0.15, 0.2) is 24.5 Å². The molecule has 0 bridgehead atoms. The number of pyridine rings is 1. The summed E-state index contributed by atoms with van der Waals surface area (Å²) < 4.78 is 11.8. The fraction of sp³-hybridized carbons (Fsp3) is 0.700. The lowest BCUT2D eigenvalue weighted by Crippen LogP contribution is -2.43. The largest absolute Gasteiger partial charge is 0.375 e. The lowest BCUT2D eigenvalue weighted by molar-refractivity contribution is -0.133. The van der Waals surface area contributed by atoms with Gasteiger partial charge in [0.2, 0.25) is 5.91 Å². The first kappa shape index (κ1) is 17.0. The van der Waals surface area contributed by atoms with E-state index in [-0.39, 0.29) is 11.5 Å². The molecule has 1 aliphatic carbocycles. The van der Waals surface area contributed by atoms with Crippen LogP contribution in [0.1, 0.15) is 44.1 Å². The van der Waals surface area contributed by atoms with Crippen LogP contribution >= 0.6 is 0 Å². The molecule has 1 aromatic rings. The van der Waals surface area contributed by atoms with Gasteiger partial charge < -0.3 is 14.4 Å². The Bertz CT molecular complexity index is 580. The number of nitrogens with zero attached hydrogens (tertiary/aromatic N) is 2. The molecule has 1 aromatic heterocycles. The first-order valence-corrected chi connectivity index (χ1v) is 9.58. The maximum Gasteiger partial charge on any atom is 0.222 e. The first-order chi connectivity index (χ1) is 12.2. The zero-order chi connectivity index (χ0) is 17.1. The molecule has 2 saturated heterocycles. The van der Waals surface area contributed by atoms with E-state index in [1.165, 1.54) is 12.8 Å². The predicted molar refractivity (Wildman–Crippen MR) is 93.8 cm³/mol. The van der Waals surface area contributed by atoms with E-state index in [4.69, 9.17) is 9.47 Å². The molecule has 3 aliphatic rings. The number of hydrogen-bond donors (Lipinski definition) is 0. The summed E-state index contributed by atoms with van der Waals surface area (Å²) in [6.45, 7) is 3.85. The molecule has 4 rings (SSSR count). The van der Waals surface area contributed by atoms with Gasteiger partial charge in [-0.05, 0) is 55.1 Å². The van der Waals surface area contributed by atoms with E-state index >= 15 is 0 Å². The third-order valence-corrected chi connectivity index (χ3v) is 5.92. The van der Waals surface area contributed by atoms with Gasteiger partial charge in [0.05, 0.1) is 25.9 Å². The van der Waals surface area contributed by atoms with Gasteiger partial charge in [-0.1, -0.05) is 6.07 Å². The van der Waals surface area contributed by atoms with Crippen LogP contribution in [0.5, 0.6) is 0 Å². The maximum atomic E-state index is 12.3. The second-order valence-corrected chi connectivity index (χ2v) is 8.04. The molecular weight excluding hydrogens is 316 g/mol. The fourth-order valence-corrected chi connectivity index (χ4v) is 4.07. The number of rotatable bonds is 6. The highest BCUT2D eigenvalue weighted by Crippen LogP contribution is 2.42. The van der Waals surface area contributed by atoms with Gasteiger partial charge in [-0.25, -0.2) is 0 Å². The van der Waals surface area contributed by atoms with Crippen LogP contribution in [0.3, 0.4) is 0 Å². The molecule has 3 fully saturated rings. The van der Waals surface area contributed by atoms with E-state index in [2.05, 4.69) is 9.88 Å². The lowest BCUT2D eigenvalue weighted by atomic mass is 9.76. The van der Waals surface area contributed by atoms with Crippen LogP contribution in [0.25, 0.3) is 0 Å². The average Bonchev–Trinajstić information content (AvgIpc) is 3.37. The molecule has 1 saturated carbocycles. The lowest BCUT2D eigenvalue weighted by Gasteiger charge is -2.38. The molecule has 5 nitrogen and oxygen atoms in total. The minimum Gasteiger partial charge on any atom is -0.375 e. The third-order valence-electron chi connectivity index (χ3n) is 5.92. The van der Waals surface area contributed by atoms with Crippen LogP contribution in [0.2, 0.25) is 0 Å². The van der Waals surface area contributed by atoms with Crippen LogP contribution in [0.4, 0.5) is 0 Å². The molecule has 2 aliphatic heterocycles. The van der Waals surface area contributed by atoms with E-state index < -0.39 is 0 Å². The number of amides is 1. The quantitative estimate of drug-likeness (QED) is 0.796. The number of piperidine rings is 1. The smallest absolute Gasteiger partial charge is 0.222 e.